The van der Waals surface area contributed by atoms with Crippen molar-refractivity contribution in [1.29, 1.82) is 0 Å². The number of hydrogen-bond acceptors (Lipinski definition) is 5. The summed E-state index contributed by atoms with van der Waals surface area (Å²) in [4.78, 5) is 36.2. The second kappa shape index (κ2) is 9.55. The molecule has 7 nitrogen and oxygen atoms in total. The van der Waals surface area contributed by atoms with Crippen LogP contribution >= 0.6 is 0 Å². The first kappa shape index (κ1) is 21.0. The Labute approximate surface area is 164 Å². The van der Waals surface area contributed by atoms with Gasteiger partial charge in [0.05, 0.1) is 7.11 Å². The van der Waals surface area contributed by atoms with Crippen molar-refractivity contribution in [3.05, 3.63) is 59.2 Å². The van der Waals surface area contributed by atoms with E-state index in [0.29, 0.717) is 17.0 Å². The van der Waals surface area contributed by atoms with Crippen molar-refractivity contribution in [2.75, 3.05) is 19.0 Å². The molecule has 0 radical (unpaired) electrons. The molecular weight excluding hydrogens is 360 g/mol. The van der Waals surface area contributed by atoms with Gasteiger partial charge in [0.25, 0.3) is 11.8 Å². The predicted molar refractivity (Wildman–Crippen MR) is 105 cm³/mol. The SMILES string of the molecule is COc1cccc(NC(=O)[C@H](C)OC(=O)CNC(=O)c2ccc(C)c(C)c2)c1. The summed E-state index contributed by atoms with van der Waals surface area (Å²) < 4.78 is 10.2. The minimum Gasteiger partial charge on any atom is -0.497 e. The Balaban J connectivity index is 1.83. The summed E-state index contributed by atoms with van der Waals surface area (Å²) in [7, 11) is 1.53. The highest BCUT2D eigenvalue weighted by Crippen LogP contribution is 2.17. The fraction of sp³-hybridized carbons (Fsp3) is 0.286. The van der Waals surface area contributed by atoms with Crippen LogP contribution in [0.4, 0.5) is 5.69 Å². The molecule has 0 saturated carbocycles. The Hall–Kier alpha value is -3.35. The molecular formula is C21H24N2O5. The van der Waals surface area contributed by atoms with Gasteiger partial charge < -0.3 is 20.1 Å². The zero-order valence-corrected chi connectivity index (χ0v) is 16.4. The van der Waals surface area contributed by atoms with Crippen LogP contribution in [0.3, 0.4) is 0 Å². The van der Waals surface area contributed by atoms with Crippen molar-refractivity contribution in [3.8, 4) is 5.75 Å². The number of ether oxygens (including phenoxy) is 2. The van der Waals surface area contributed by atoms with E-state index < -0.39 is 18.0 Å². The Morgan fingerprint density at radius 3 is 2.46 bits per heavy atom. The van der Waals surface area contributed by atoms with Crippen LogP contribution in [0.2, 0.25) is 0 Å². The van der Waals surface area contributed by atoms with Crippen molar-refractivity contribution in [3.63, 3.8) is 0 Å². The first-order chi connectivity index (χ1) is 13.3. The fourth-order valence-corrected chi connectivity index (χ4v) is 2.37. The van der Waals surface area contributed by atoms with Gasteiger partial charge in [-0.2, -0.15) is 0 Å². The summed E-state index contributed by atoms with van der Waals surface area (Å²) >= 11 is 0. The third-order valence-corrected chi connectivity index (χ3v) is 4.18. The molecule has 2 N–H and O–H groups in total. The van der Waals surface area contributed by atoms with Crippen LogP contribution in [-0.4, -0.2) is 37.5 Å². The molecule has 0 fully saturated rings. The van der Waals surface area contributed by atoms with Gasteiger partial charge in [-0.1, -0.05) is 12.1 Å². The van der Waals surface area contributed by atoms with E-state index in [9.17, 15) is 14.4 Å². The van der Waals surface area contributed by atoms with Gasteiger partial charge in [0.2, 0.25) is 0 Å². The number of amides is 2. The summed E-state index contributed by atoms with van der Waals surface area (Å²) in [6, 6.07) is 12.1. The van der Waals surface area contributed by atoms with Gasteiger partial charge in [0, 0.05) is 17.3 Å². The third-order valence-electron chi connectivity index (χ3n) is 4.18. The number of aryl methyl sites for hydroxylation is 2. The molecule has 2 aromatic rings. The number of hydrogen-bond donors (Lipinski definition) is 2. The molecule has 0 saturated heterocycles. The summed E-state index contributed by atoms with van der Waals surface area (Å²) in [5.74, 6) is -0.974. The van der Waals surface area contributed by atoms with E-state index in [-0.39, 0.29) is 12.5 Å². The van der Waals surface area contributed by atoms with Crippen molar-refractivity contribution in [1.82, 2.24) is 5.32 Å². The van der Waals surface area contributed by atoms with E-state index in [1.165, 1.54) is 14.0 Å². The molecule has 0 aliphatic carbocycles. The second-order valence-electron chi connectivity index (χ2n) is 6.34. The van der Waals surface area contributed by atoms with Gasteiger partial charge in [-0.3, -0.25) is 14.4 Å². The smallest absolute Gasteiger partial charge is 0.326 e. The molecule has 0 unspecified atom stereocenters. The highest BCUT2D eigenvalue weighted by molar-refractivity contribution is 5.97. The van der Waals surface area contributed by atoms with Crippen LogP contribution < -0.4 is 15.4 Å². The topological polar surface area (TPSA) is 93.7 Å². The van der Waals surface area contributed by atoms with Crippen LogP contribution in [0, 0.1) is 13.8 Å². The van der Waals surface area contributed by atoms with Gasteiger partial charge in [0.15, 0.2) is 6.10 Å². The zero-order chi connectivity index (χ0) is 20.7. The summed E-state index contributed by atoms with van der Waals surface area (Å²) in [6.45, 7) is 4.98. The van der Waals surface area contributed by atoms with Crippen LogP contribution in [0.5, 0.6) is 5.75 Å². The number of benzene rings is 2. The molecule has 2 amide bonds. The maximum absolute atomic E-state index is 12.2. The number of nitrogens with one attached hydrogen (secondary N) is 2. The standard InChI is InChI=1S/C21H24N2O5/c1-13-8-9-16(10-14(13)2)21(26)22-12-19(24)28-15(3)20(25)23-17-6-5-7-18(11-17)27-4/h5-11,15H,12H2,1-4H3,(H,22,26)(H,23,25)/t15-/m0/s1. The zero-order valence-electron chi connectivity index (χ0n) is 16.4. The number of carbonyl (C=O) groups is 3. The number of anilines is 1. The molecule has 0 aliphatic heterocycles. The maximum Gasteiger partial charge on any atom is 0.326 e. The largest absolute Gasteiger partial charge is 0.497 e. The molecule has 148 valence electrons. The van der Waals surface area contributed by atoms with Gasteiger partial charge in [-0.15, -0.1) is 0 Å². The van der Waals surface area contributed by atoms with Crippen LogP contribution in [0.15, 0.2) is 42.5 Å². The third kappa shape index (κ3) is 5.84. The quantitative estimate of drug-likeness (QED) is 0.716. The average molecular weight is 384 g/mol. The highest BCUT2D eigenvalue weighted by Gasteiger charge is 2.19. The molecule has 0 aromatic heterocycles. The lowest BCUT2D eigenvalue weighted by atomic mass is 10.1. The highest BCUT2D eigenvalue weighted by atomic mass is 16.5. The molecule has 7 heteroatoms. The van der Waals surface area contributed by atoms with E-state index in [2.05, 4.69) is 10.6 Å². The van der Waals surface area contributed by atoms with E-state index in [1.807, 2.05) is 19.9 Å². The van der Waals surface area contributed by atoms with Gasteiger partial charge in [-0.25, -0.2) is 0 Å². The predicted octanol–water partition coefficient (Wildman–Crippen LogP) is 2.61. The summed E-state index contributed by atoms with van der Waals surface area (Å²) in [6.07, 6.45) is -1.02. The fourth-order valence-electron chi connectivity index (χ4n) is 2.37. The van der Waals surface area contributed by atoms with E-state index in [1.54, 1.807) is 36.4 Å². The van der Waals surface area contributed by atoms with Crippen LogP contribution in [-0.2, 0) is 14.3 Å². The van der Waals surface area contributed by atoms with Crippen molar-refractivity contribution >= 4 is 23.5 Å². The first-order valence-electron chi connectivity index (χ1n) is 8.80. The Bertz CT molecular complexity index is 879. The van der Waals surface area contributed by atoms with Crippen molar-refractivity contribution in [2.45, 2.75) is 26.9 Å². The maximum atomic E-state index is 12.2. The molecule has 0 spiro atoms. The van der Waals surface area contributed by atoms with Crippen LogP contribution in [0.25, 0.3) is 0 Å². The average Bonchev–Trinajstić information content (AvgIpc) is 2.68. The van der Waals surface area contributed by atoms with E-state index in [4.69, 9.17) is 9.47 Å². The normalized spacial score (nSPS) is 11.3. The molecule has 2 rings (SSSR count). The monoisotopic (exact) mass is 384 g/mol. The van der Waals surface area contributed by atoms with Crippen LogP contribution in [0.1, 0.15) is 28.4 Å². The number of carbonyl (C=O) groups excluding carboxylic acids is 3. The minimum atomic E-state index is -1.02. The number of methoxy groups -OCH3 is 1. The van der Waals surface area contributed by atoms with Gasteiger partial charge in [0.1, 0.15) is 12.3 Å². The molecule has 28 heavy (non-hydrogen) atoms. The molecule has 0 aliphatic rings. The molecule has 0 bridgehead atoms. The lowest BCUT2D eigenvalue weighted by Gasteiger charge is -2.14. The van der Waals surface area contributed by atoms with Gasteiger partial charge >= 0.3 is 5.97 Å². The lowest BCUT2D eigenvalue weighted by molar-refractivity contribution is -0.152. The molecule has 0 heterocycles. The Kier molecular flexibility index (Phi) is 7.14. The second-order valence-corrected chi connectivity index (χ2v) is 6.34. The van der Waals surface area contributed by atoms with Crippen molar-refractivity contribution < 1.29 is 23.9 Å². The van der Waals surface area contributed by atoms with Crippen molar-refractivity contribution in [2.24, 2.45) is 0 Å². The lowest BCUT2D eigenvalue weighted by Crippen LogP contribution is -2.35. The summed E-state index contributed by atoms with van der Waals surface area (Å²) in [5.41, 5.74) is 3.04. The number of rotatable bonds is 7. The minimum absolute atomic E-state index is 0.331. The van der Waals surface area contributed by atoms with E-state index in [0.717, 1.165) is 11.1 Å². The number of esters is 1. The molecule has 1 atom stereocenters. The van der Waals surface area contributed by atoms with Gasteiger partial charge in [-0.05, 0) is 56.2 Å². The Morgan fingerprint density at radius 2 is 1.79 bits per heavy atom. The summed E-state index contributed by atoms with van der Waals surface area (Å²) in [5, 5.41) is 5.13. The molecule has 2 aromatic carbocycles. The van der Waals surface area contributed by atoms with E-state index >= 15 is 0 Å². The first-order valence-corrected chi connectivity index (χ1v) is 8.80. The Morgan fingerprint density at radius 1 is 1.04 bits per heavy atom.